The van der Waals surface area contributed by atoms with Gasteiger partial charge in [0.05, 0.1) is 7.11 Å². The molecule has 0 atom stereocenters. The Morgan fingerprint density at radius 1 is 0.762 bits per heavy atom. The van der Waals surface area contributed by atoms with E-state index < -0.39 is 45.8 Å². The lowest BCUT2D eigenvalue weighted by atomic mass is 9.63. The minimum atomic E-state index is -1.68. The van der Waals surface area contributed by atoms with E-state index in [1.54, 1.807) is 0 Å². The number of hydrogen-bond acceptors (Lipinski definition) is 1. The zero-order chi connectivity index (χ0) is 15.7. The number of hydrogen-bond donors (Lipinski definition) is 0. The monoisotopic (exact) mass is 303 g/mol. The van der Waals surface area contributed by atoms with Gasteiger partial charge in [0, 0.05) is 12.1 Å². The Labute approximate surface area is 116 Å². The van der Waals surface area contributed by atoms with Gasteiger partial charge in [-0.25, -0.2) is 26.3 Å². The smallest absolute Gasteiger partial charge is 0.203 e. The van der Waals surface area contributed by atoms with Crippen LogP contribution in [0.15, 0.2) is 18.2 Å². The lowest BCUT2D eigenvalue weighted by Gasteiger charge is -2.09. The Kier molecular flexibility index (Phi) is 4.15. The molecule has 1 nitrogen and oxygen atoms in total. The van der Waals surface area contributed by atoms with Gasteiger partial charge in [-0.15, -0.1) is 0 Å². The average molecular weight is 303 g/mol. The lowest BCUT2D eigenvalue weighted by molar-refractivity contribution is 0.385. The average Bonchev–Trinajstić information content (AvgIpc) is 2.43. The summed E-state index contributed by atoms with van der Waals surface area (Å²) in [6, 6.07) is 1.27. The molecule has 2 aromatic rings. The SMILES string of the molecule is COc1cc([B]c2c(F)c(F)cc(F)c2F)c(F)cc1F. The summed E-state index contributed by atoms with van der Waals surface area (Å²) in [6.07, 6.45) is 0. The second-order valence-electron chi connectivity index (χ2n) is 4.03. The molecule has 0 heterocycles. The fraction of sp³-hybridized carbons (Fsp3) is 0.0769. The number of benzene rings is 2. The van der Waals surface area contributed by atoms with Gasteiger partial charge in [0.2, 0.25) is 7.28 Å². The third kappa shape index (κ3) is 2.84. The summed E-state index contributed by atoms with van der Waals surface area (Å²) in [6.45, 7) is 0. The van der Waals surface area contributed by atoms with E-state index >= 15 is 0 Å². The molecule has 109 valence electrons. The quantitative estimate of drug-likeness (QED) is 0.480. The van der Waals surface area contributed by atoms with Gasteiger partial charge in [-0.05, 0) is 17.0 Å². The second kappa shape index (κ2) is 5.71. The van der Waals surface area contributed by atoms with Crippen molar-refractivity contribution < 1.29 is 31.1 Å². The molecule has 0 aliphatic rings. The van der Waals surface area contributed by atoms with Crippen LogP contribution in [0, 0.1) is 34.9 Å². The number of methoxy groups -OCH3 is 1. The molecule has 1 radical (unpaired) electrons. The second-order valence-corrected chi connectivity index (χ2v) is 4.03. The summed E-state index contributed by atoms with van der Waals surface area (Å²) < 4.78 is 84.4. The molecule has 0 aromatic heterocycles. The summed E-state index contributed by atoms with van der Waals surface area (Å²) >= 11 is 0. The highest BCUT2D eigenvalue weighted by molar-refractivity contribution is 6.67. The van der Waals surface area contributed by atoms with Gasteiger partial charge in [0.1, 0.15) is 5.82 Å². The minimum absolute atomic E-state index is 0.0314. The van der Waals surface area contributed by atoms with Crippen molar-refractivity contribution >= 4 is 18.2 Å². The van der Waals surface area contributed by atoms with E-state index in [1.807, 2.05) is 0 Å². The maximum absolute atomic E-state index is 13.6. The van der Waals surface area contributed by atoms with E-state index in [1.165, 1.54) is 0 Å². The summed E-state index contributed by atoms with van der Waals surface area (Å²) in [5.41, 5.74) is -1.60. The van der Waals surface area contributed by atoms with Gasteiger partial charge in [0.15, 0.2) is 34.8 Å². The Bertz CT molecular complexity index is 678. The Morgan fingerprint density at radius 3 is 1.81 bits per heavy atom. The van der Waals surface area contributed by atoms with Crippen LogP contribution in [0.5, 0.6) is 5.75 Å². The molecule has 0 N–H and O–H groups in total. The molecule has 0 aliphatic carbocycles. The number of ether oxygens (including phenoxy) is 1. The van der Waals surface area contributed by atoms with Crippen LogP contribution in [-0.4, -0.2) is 14.4 Å². The molecule has 8 heteroatoms. The van der Waals surface area contributed by atoms with E-state index in [0.717, 1.165) is 13.2 Å². The van der Waals surface area contributed by atoms with Crippen molar-refractivity contribution in [3.05, 3.63) is 53.1 Å². The zero-order valence-electron chi connectivity index (χ0n) is 10.5. The van der Waals surface area contributed by atoms with Crippen molar-refractivity contribution in [2.75, 3.05) is 7.11 Å². The van der Waals surface area contributed by atoms with Crippen molar-refractivity contribution in [2.45, 2.75) is 0 Å². The summed E-state index contributed by atoms with van der Waals surface area (Å²) in [5.74, 6) is -9.21. The fourth-order valence-electron chi connectivity index (χ4n) is 1.69. The lowest BCUT2D eigenvalue weighted by Crippen LogP contribution is -2.36. The molecule has 2 aromatic carbocycles. The Hall–Kier alpha value is -2.12. The molecule has 21 heavy (non-hydrogen) atoms. The van der Waals surface area contributed by atoms with Gasteiger partial charge in [-0.2, -0.15) is 0 Å². The van der Waals surface area contributed by atoms with Gasteiger partial charge in [0.25, 0.3) is 0 Å². The maximum Gasteiger partial charge on any atom is 0.203 e. The van der Waals surface area contributed by atoms with E-state index in [-0.39, 0.29) is 11.8 Å². The van der Waals surface area contributed by atoms with Crippen LogP contribution in [0.2, 0.25) is 0 Å². The first kappa shape index (κ1) is 15.3. The minimum Gasteiger partial charge on any atom is -0.494 e. The molecule has 0 spiro atoms. The van der Waals surface area contributed by atoms with Crippen molar-refractivity contribution in [1.82, 2.24) is 0 Å². The van der Waals surface area contributed by atoms with Crippen LogP contribution in [0.1, 0.15) is 0 Å². The molecule has 0 unspecified atom stereocenters. The predicted octanol–water partition coefficient (Wildman–Crippen LogP) is 2.18. The summed E-state index contributed by atoms with van der Waals surface area (Å²) in [5, 5.41) is 0. The standard InChI is InChI=1S/C13H6BF6O/c1-21-10-2-5(6(15)3-7(10)16)14-11-12(19)8(17)4-9(18)13(11)20/h2-4H,1H3. The van der Waals surface area contributed by atoms with E-state index in [0.29, 0.717) is 13.3 Å². The molecule has 0 saturated carbocycles. The predicted molar refractivity (Wildman–Crippen MR) is 64.2 cm³/mol. The molecule has 0 bridgehead atoms. The highest BCUT2D eigenvalue weighted by atomic mass is 19.2. The van der Waals surface area contributed by atoms with Crippen LogP contribution in [-0.2, 0) is 0 Å². The third-order valence-electron chi connectivity index (χ3n) is 2.72. The van der Waals surface area contributed by atoms with Crippen molar-refractivity contribution in [3.8, 4) is 5.75 Å². The van der Waals surface area contributed by atoms with Crippen LogP contribution in [0.3, 0.4) is 0 Å². The first-order valence-corrected chi connectivity index (χ1v) is 5.56. The van der Waals surface area contributed by atoms with E-state index in [4.69, 9.17) is 0 Å². The molecule has 0 saturated heterocycles. The number of halogens is 6. The number of rotatable bonds is 3. The topological polar surface area (TPSA) is 9.23 Å². The van der Waals surface area contributed by atoms with Crippen molar-refractivity contribution in [3.63, 3.8) is 0 Å². The normalized spacial score (nSPS) is 10.6. The van der Waals surface area contributed by atoms with Crippen LogP contribution < -0.4 is 15.7 Å². The first-order valence-electron chi connectivity index (χ1n) is 5.56. The molecule has 2 rings (SSSR count). The van der Waals surface area contributed by atoms with Crippen molar-refractivity contribution in [1.29, 1.82) is 0 Å². The zero-order valence-corrected chi connectivity index (χ0v) is 10.5. The van der Waals surface area contributed by atoms with Gasteiger partial charge in [-0.1, -0.05) is 0 Å². The molecular weight excluding hydrogens is 297 g/mol. The van der Waals surface area contributed by atoms with Crippen LogP contribution in [0.25, 0.3) is 0 Å². The molecule has 0 amide bonds. The maximum atomic E-state index is 13.6. The van der Waals surface area contributed by atoms with Gasteiger partial charge >= 0.3 is 0 Å². The van der Waals surface area contributed by atoms with Gasteiger partial charge in [-0.3, -0.25) is 0 Å². The van der Waals surface area contributed by atoms with E-state index in [2.05, 4.69) is 4.74 Å². The van der Waals surface area contributed by atoms with Gasteiger partial charge < -0.3 is 4.74 Å². The summed E-state index contributed by atoms with van der Waals surface area (Å²) in [7, 11) is 1.62. The Morgan fingerprint density at radius 2 is 1.29 bits per heavy atom. The van der Waals surface area contributed by atoms with Crippen LogP contribution in [0.4, 0.5) is 26.3 Å². The highest BCUT2D eigenvalue weighted by Crippen LogP contribution is 2.16. The molecular formula is C13H6BF6O. The largest absolute Gasteiger partial charge is 0.494 e. The first-order chi connectivity index (χ1) is 9.85. The van der Waals surface area contributed by atoms with Crippen LogP contribution >= 0.6 is 0 Å². The highest BCUT2D eigenvalue weighted by Gasteiger charge is 2.22. The van der Waals surface area contributed by atoms with E-state index in [9.17, 15) is 26.3 Å². The molecule has 0 fully saturated rings. The third-order valence-corrected chi connectivity index (χ3v) is 2.72. The van der Waals surface area contributed by atoms with Crippen molar-refractivity contribution in [2.24, 2.45) is 0 Å². The fourth-order valence-corrected chi connectivity index (χ4v) is 1.69. The Balaban J connectivity index is 2.53. The molecule has 0 aliphatic heterocycles. The summed E-state index contributed by atoms with van der Waals surface area (Å²) in [4.78, 5) is 0.